The van der Waals surface area contributed by atoms with Gasteiger partial charge in [0.25, 0.3) is 10.0 Å². The number of aryl methyl sites for hydroxylation is 1. The predicted molar refractivity (Wildman–Crippen MR) is 71.8 cm³/mol. The van der Waals surface area contributed by atoms with Crippen LogP contribution in [-0.4, -0.2) is 28.2 Å². The third kappa shape index (κ3) is 3.18. The summed E-state index contributed by atoms with van der Waals surface area (Å²) in [5, 5.41) is 7.55. The summed E-state index contributed by atoms with van der Waals surface area (Å²) in [7, 11) is -3.67. The lowest BCUT2D eigenvalue weighted by molar-refractivity contribution is 0.571. The highest BCUT2D eigenvalue weighted by molar-refractivity contribution is 7.89. The van der Waals surface area contributed by atoms with Crippen molar-refractivity contribution in [1.82, 2.24) is 24.5 Å². The molecule has 0 aliphatic carbocycles. The first-order valence-corrected chi connectivity index (χ1v) is 7.56. The summed E-state index contributed by atoms with van der Waals surface area (Å²) in [6.45, 7) is 2.98. The number of nitrogens with two attached hydrogens (primary N) is 1. The van der Waals surface area contributed by atoms with Crippen LogP contribution in [0.2, 0.25) is 0 Å². The van der Waals surface area contributed by atoms with E-state index in [0.29, 0.717) is 18.9 Å². The molecule has 20 heavy (non-hydrogen) atoms. The highest BCUT2D eigenvalue weighted by Crippen LogP contribution is 2.07. The number of nitrogens with one attached hydrogen (secondary N) is 1. The topological polar surface area (TPSA) is 116 Å². The van der Waals surface area contributed by atoms with E-state index in [0.717, 1.165) is 5.56 Å². The van der Waals surface area contributed by atoms with Crippen LogP contribution in [0.4, 0.5) is 0 Å². The van der Waals surface area contributed by atoms with Crippen LogP contribution in [0.15, 0.2) is 29.7 Å². The van der Waals surface area contributed by atoms with Gasteiger partial charge < -0.3 is 10.3 Å². The molecule has 3 N–H and O–H groups in total. The van der Waals surface area contributed by atoms with Crippen molar-refractivity contribution in [1.29, 1.82) is 0 Å². The highest BCUT2D eigenvalue weighted by Gasteiger charge is 2.16. The van der Waals surface area contributed by atoms with Crippen molar-refractivity contribution in [3.8, 4) is 0 Å². The molecule has 9 heteroatoms. The summed E-state index contributed by atoms with van der Waals surface area (Å²) in [6, 6.07) is 3.06. The Hall–Kier alpha value is -1.84. The molecule has 0 saturated heterocycles. The molecule has 8 nitrogen and oxygen atoms in total. The lowest BCUT2D eigenvalue weighted by Gasteiger charge is -2.07. The van der Waals surface area contributed by atoms with Gasteiger partial charge in [-0.25, -0.2) is 18.1 Å². The quantitative estimate of drug-likeness (QED) is 0.751. The summed E-state index contributed by atoms with van der Waals surface area (Å²) >= 11 is 0. The minimum absolute atomic E-state index is 0.0442. The van der Waals surface area contributed by atoms with E-state index >= 15 is 0 Å². The van der Waals surface area contributed by atoms with Crippen molar-refractivity contribution in [2.24, 2.45) is 5.73 Å². The van der Waals surface area contributed by atoms with Crippen LogP contribution in [0, 0.1) is 0 Å². The predicted octanol–water partition coefficient (Wildman–Crippen LogP) is -0.370. The van der Waals surface area contributed by atoms with Crippen molar-refractivity contribution in [3.05, 3.63) is 36.0 Å². The van der Waals surface area contributed by atoms with Gasteiger partial charge in [-0.15, -0.1) is 10.2 Å². The maximum atomic E-state index is 12.1. The zero-order chi connectivity index (χ0) is 14.6. The van der Waals surface area contributed by atoms with E-state index < -0.39 is 10.0 Å². The smallest absolute Gasteiger partial charge is 0.258 e. The molecular formula is C11H16N6O2S. The van der Waals surface area contributed by atoms with Crippen LogP contribution in [0.1, 0.15) is 18.3 Å². The van der Waals surface area contributed by atoms with Crippen molar-refractivity contribution >= 4 is 10.0 Å². The van der Waals surface area contributed by atoms with Crippen LogP contribution < -0.4 is 10.5 Å². The van der Waals surface area contributed by atoms with Gasteiger partial charge in [0.2, 0.25) is 0 Å². The summed E-state index contributed by atoms with van der Waals surface area (Å²) in [6.07, 6.45) is 3.00. The second kappa shape index (κ2) is 6.07. The van der Waals surface area contributed by atoms with Crippen LogP contribution in [-0.2, 0) is 29.7 Å². The summed E-state index contributed by atoms with van der Waals surface area (Å²) < 4.78 is 28.3. The van der Waals surface area contributed by atoms with Gasteiger partial charge >= 0.3 is 0 Å². The van der Waals surface area contributed by atoms with Gasteiger partial charge in [0.1, 0.15) is 12.2 Å². The number of sulfonamides is 1. The normalized spacial score (nSPS) is 11.7. The fourth-order valence-electron chi connectivity index (χ4n) is 1.60. The van der Waals surface area contributed by atoms with Crippen LogP contribution >= 0.6 is 0 Å². The second-order valence-corrected chi connectivity index (χ2v) is 5.78. The Morgan fingerprint density at radius 2 is 2.20 bits per heavy atom. The van der Waals surface area contributed by atoms with Crippen LogP contribution in [0.5, 0.6) is 0 Å². The Labute approximate surface area is 117 Å². The molecule has 2 rings (SSSR count). The minimum Gasteiger partial charge on any atom is -0.326 e. The maximum Gasteiger partial charge on any atom is 0.258 e. The fraction of sp³-hybridized carbons (Fsp3) is 0.364. The van der Waals surface area contributed by atoms with Gasteiger partial charge in [-0.1, -0.05) is 6.07 Å². The van der Waals surface area contributed by atoms with E-state index in [1.54, 1.807) is 17.0 Å². The average molecular weight is 296 g/mol. The molecule has 0 bridgehead atoms. The monoisotopic (exact) mass is 296 g/mol. The van der Waals surface area contributed by atoms with Crippen molar-refractivity contribution in [3.63, 3.8) is 0 Å². The molecule has 0 spiro atoms. The number of rotatable bonds is 6. The molecule has 0 radical (unpaired) electrons. The fourth-order valence-corrected chi connectivity index (χ4v) is 2.51. The zero-order valence-corrected chi connectivity index (χ0v) is 11.8. The molecule has 0 fully saturated rings. The zero-order valence-electron chi connectivity index (χ0n) is 11.0. The molecule has 0 amide bonds. The SMILES string of the molecule is CCn1cnnc1CNS(=O)(=O)c1ccc(CN)cn1. The van der Waals surface area contributed by atoms with Crippen LogP contribution in [0.25, 0.3) is 0 Å². The second-order valence-electron chi connectivity index (χ2n) is 4.07. The molecule has 0 aliphatic rings. The Bertz CT molecular complexity index is 664. The van der Waals surface area contributed by atoms with E-state index in [9.17, 15) is 8.42 Å². The van der Waals surface area contributed by atoms with Crippen LogP contribution in [0.3, 0.4) is 0 Å². The molecule has 0 saturated carbocycles. The highest BCUT2D eigenvalue weighted by atomic mass is 32.2. The molecule has 2 aromatic heterocycles. The Morgan fingerprint density at radius 1 is 1.40 bits per heavy atom. The number of hydrogen-bond donors (Lipinski definition) is 2. The lowest BCUT2D eigenvalue weighted by atomic mass is 10.3. The Kier molecular flexibility index (Phi) is 4.42. The average Bonchev–Trinajstić information content (AvgIpc) is 2.93. The Balaban J connectivity index is 2.10. The van der Waals surface area contributed by atoms with Gasteiger partial charge in [0.15, 0.2) is 5.03 Å². The van der Waals surface area contributed by atoms with E-state index in [1.165, 1.54) is 12.3 Å². The van der Waals surface area contributed by atoms with Gasteiger partial charge in [-0.05, 0) is 18.6 Å². The number of pyridine rings is 1. The molecule has 2 heterocycles. The Morgan fingerprint density at radius 3 is 2.80 bits per heavy atom. The van der Waals surface area contributed by atoms with E-state index in [1.807, 2.05) is 6.92 Å². The van der Waals surface area contributed by atoms with Gasteiger partial charge in [-0.2, -0.15) is 0 Å². The first kappa shape index (κ1) is 14.6. The molecule has 108 valence electrons. The van der Waals surface area contributed by atoms with E-state index in [2.05, 4.69) is 19.9 Å². The van der Waals surface area contributed by atoms with E-state index in [4.69, 9.17) is 5.73 Å². The number of nitrogens with zero attached hydrogens (tertiary/aromatic N) is 4. The van der Waals surface area contributed by atoms with E-state index in [-0.39, 0.29) is 11.6 Å². The van der Waals surface area contributed by atoms with Gasteiger partial charge in [-0.3, -0.25) is 0 Å². The standard InChI is InChI=1S/C11H16N6O2S/c1-2-17-8-14-16-10(17)7-15-20(18,19)11-4-3-9(5-12)6-13-11/h3-4,6,8,15H,2,5,7,12H2,1H3. The van der Waals surface area contributed by atoms with Crippen molar-refractivity contribution < 1.29 is 8.42 Å². The lowest BCUT2D eigenvalue weighted by Crippen LogP contribution is -2.25. The molecule has 2 aromatic rings. The summed E-state index contributed by atoms with van der Waals surface area (Å²) in [5.41, 5.74) is 6.21. The summed E-state index contributed by atoms with van der Waals surface area (Å²) in [5.74, 6) is 0.551. The third-order valence-electron chi connectivity index (χ3n) is 2.77. The maximum absolute atomic E-state index is 12.1. The largest absolute Gasteiger partial charge is 0.326 e. The minimum atomic E-state index is -3.67. The van der Waals surface area contributed by atoms with Gasteiger partial charge in [0.05, 0.1) is 6.54 Å². The molecule has 0 aliphatic heterocycles. The van der Waals surface area contributed by atoms with Crippen molar-refractivity contribution in [2.45, 2.75) is 31.6 Å². The van der Waals surface area contributed by atoms with Gasteiger partial charge in [0, 0.05) is 19.3 Å². The molecule has 0 atom stereocenters. The number of hydrogen-bond acceptors (Lipinski definition) is 6. The molecular weight excluding hydrogens is 280 g/mol. The molecule has 0 unspecified atom stereocenters. The third-order valence-corrected chi connectivity index (χ3v) is 4.08. The number of aromatic nitrogens is 4. The van der Waals surface area contributed by atoms with Crippen molar-refractivity contribution in [2.75, 3.05) is 0 Å². The first-order chi connectivity index (χ1) is 9.56. The first-order valence-electron chi connectivity index (χ1n) is 6.08. The molecule has 0 aromatic carbocycles. The summed E-state index contributed by atoms with van der Waals surface area (Å²) in [4.78, 5) is 3.89.